The molecule has 0 atom stereocenters. The predicted octanol–water partition coefficient (Wildman–Crippen LogP) is 2.07. The van der Waals surface area contributed by atoms with Crippen molar-refractivity contribution in [2.24, 2.45) is 0 Å². The molecule has 2 heterocycles. The van der Waals surface area contributed by atoms with Gasteiger partial charge in [0.15, 0.2) is 0 Å². The van der Waals surface area contributed by atoms with Crippen molar-refractivity contribution in [1.82, 2.24) is 24.8 Å². The van der Waals surface area contributed by atoms with Crippen molar-refractivity contribution in [2.75, 3.05) is 0 Å². The Morgan fingerprint density at radius 2 is 1.32 bits per heavy atom. The fourth-order valence-electron chi connectivity index (χ4n) is 1.74. The summed E-state index contributed by atoms with van der Waals surface area (Å²) in [4.78, 5) is 19.2. The van der Waals surface area contributed by atoms with E-state index in [1.54, 1.807) is 37.2 Å². The van der Waals surface area contributed by atoms with Crippen LogP contribution in [0.1, 0.15) is 32.2 Å². The van der Waals surface area contributed by atoms with Gasteiger partial charge in [0, 0.05) is 55.8 Å². The Morgan fingerprint density at radius 1 is 0.842 bits per heavy atom. The molecule has 0 aromatic carbocycles. The quantitative estimate of drug-likeness (QED) is 0.839. The lowest BCUT2D eigenvalue weighted by Crippen LogP contribution is -2.40. The van der Waals surface area contributed by atoms with Gasteiger partial charge in [-0.1, -0.05) is 0 Å². The molecule has 0 unspecified atom stereocenters. The zero-order valence-electron chi connectivity index (χ0n) is 11.6. The Kier molecular flexibility index (Phi) is 4.16. The smallest absolute Gasteiger partial charge is 0.0727 e. The van der Waals surface area contributed by atoms with Crippen molar-refractivity contribution in [3.63, 3.8) is 0 Å². The van der Waals surface area contributed by atoms with E-state index in [0.717, 1.165) is 24.5 Å². The van der Waals surface area contributed by atoms with Crippen molar-refractivity contribution in [2.45, 2.75) is 39.4 Å². The van der Waals surface area contributed by atoms with Gasteiger partial charge >= 0.3 is 0 Å². The largest absolute Gasteiger partial charge is 0.287 e. The third-order valence-corrected chi connectivity index (χ3v) is 2.89. The third-order valence-electron chi connectivity index (χ3n) is 2.89. The van der Waals surface area contributed by atoms with E-state index in [0.29, 0.717) is 0 Å². The van der Waals surface area contributed by atoms with Crippen LogP contribution >= 0.6 is 0 Å². The molecule has 2 rings (SSSR count). The molecule has 5 nitrogen and oxygen atoms in total. The topological polar surface area (TPSA) is 54.8 Å². The monoisotopic (exact) mass is 257 g/mol. The summed E-state index contributed by atoms with van der Waals surface area (Å²) in [5.41, 5.74) is 1.94. The Labute approximate surface area is 113 Å². The Balaban J connectivity index is 2.13. The van der Waals surface area contributed by atoms with Gasteiger partial charge in [0.1, 0.15) is 0 Å². The van der Waals surface area contributed by atoms with E-state index in [1.165, 1.54) is 0 Å². The standard InChI is InChI=1S/C14H19N5/c1-14(2,3)19(10-12-8-15-4-6-17-12)11-13-9-16-5-7-18-13/h4-9H,10-11H2,1-3H3. The van der Waals surface area contributed by atoms with E-state index in [9.17, 15) is 0 Å². The van der Waals surface area contributed by atoms with E-state index >= 15 is 0 Å². The van der Waals surface area contributed by atoms with Crippen LogP contribution in [0, 0.1) is 0 Å². The zero-order chi connectivity index (χ0) is 13.7. The molecule has 0 saturated carbocycles. The lowest BCUT2D eigenvalue weighted by atomic mass is 10.1. The molecule has 0 bridgehead atoms. The number of hydrogen-bond donors (Lipinski definition) is 0. The van der Waals surface area contributed by atoms with Gasteiger partial charge < -0.3 is 0 Å². The maximum atomic E-state index is 4.33. The molecule has 0 N–H and O–H groups in total. The van der Waals surface area contributed by atoms with Crippen molar-refractivity contribution >= 4 is 0 Å². The van der Waals surface area contributed by atoms with Crippen LogP contribution in [0.25, 0.3) is 0 Å². The molecule has 0 aliphatic rings. The molecular weight excluding hydrogens is 238 g/mol. The molecule has 0 spiro atoms. The van der Waals surface area contributed by atoms with Crippen LogP contribution in [0.3, 0.4) is 0 Å². The van der Waals surface area contributed by atoms with Crippen LogP contribution in [0.4, 0.5) is 0 Å². The molecule has 5 heteroatoms. The van der Waals surface area contributed by atoms with E-state index in [-0.39, 0.29) is 5.54 Å². The first-order chi connectivity index (χ1) is 9.05. The summed E-state index contributed by atoms with van der Waals surface area (Å²) in [6.07, 6.45) is 10.4. The SMILES string of the molecule is CC(C)(C)N(Cc1cnccn1)Cc1cnccn1. The average molecular weight is 257 g/mol. The van der Waals surface area contributed by atoms with E-state index < -0.39 is 0 Å². The molecule has 2 aromatic rings. The summed E-state index contributed by atoms with van der Waals surface area (Å²) >= 11 is 0. The molecule has 100 valence electrons. The first kappa shape index (κ1) is 13.5. The first-order valence-corrected chi connectivity index (χ1v) is 6.30. The molecule has 2 aromatic heterocycles. The van der Waals surface area contributed by atoms with Crippen molar-refractivity contribution in [3.8, 4) is 0 Å². The minimum atomic E-state index is 0.0229. The Morgan fingerprint density at radius 3 is 1.63 bits per heavy atom. The van der Waals surface area contributed by atoms with Gasteiger partial charge in [-0.05, 0) is 20.8 Å². The van der Waals surface area contributed by atoms with Gasteiger partial charge in [-0.3, -0.25) is 24.8 Å². The van der Waals surface area contributed by atoms with E-state index in [4.69, 9.17) is 0 Å². The number of hydrogen-bond acceptors (Lipinski definition) is 5. The van der Waals surface area contributed by atoms with Crippen LogP contribution in [0.2, 0.25) is 0 Å². The molecule has 0 radical (unpaired) electrons. The summed E-state index contributed by atoms with van der Waals surface area (Å²) in [6, 6.07) is 0. The predicted molar refractivity (Wildman–Crippen MR) is 73.1 cm³/mol. The van der Waals surface area contributed by atoms with E-state index in [2.05, 4.69) is 45.6 Å². The molecule has 0 fully saturated rings. The highest BCUT2D eigenvalue weighted by atomic mass is 15.2. The third kappa shape index (κ3) is 4.06. The lowest BCUT2D eigenvalue weighted by Gasteiger charge is -2.35. The molecule has 0 aliphatic heterocycles. The number of nitrogens with zero attached hydrogens (tertiary/aromatic N) is 5. The number of rotatable bonds is 4. The van der Waals surface area contributed by atoms with Gasteiger partial charge in [-0.15, -0.1) is 0 Å². The van der Waals surface area contributed by atoms with Crippen molar-refractivity contribution in [1.29, 1.82) is 0 Å². The summed E-state index contributed by atoms with van der Waals surface area (Å²) in [6.45, 7) is 8.03. The molecule has 0 aliphatic carbocycles. The fraction of sp³-hybridized carbons (Fsp3) is 0.429. The summed E-state index contributed by atoms with van der Waals surface area (Å²) < 4.78 is 0. The summed E-state index contributed by atoms with van der Waals surface area (Å²) in [5.74, 6) is 0. The number of aromatic nitrogens is 4. The fourth-order valence-corrected chi connectivity index (χ4v) is 1.74. The van der Waals surface area contributed by atoms with Gasteiger partial charge in [0.05, 0.1) is 11.4 Å². The van der Waals surface area contributed by atoms with Gasteiger partial charge in [-0.2, -0.15) is 0 Å². The van der Waals surface area contributed by atoms with Crippen LogP contribution < -0.4 is 0 Å². The van der Waals surface area contributed by atoms with Crippen molar-refractivity contribution in [3.05, 3.63) is 48.6 Å². The van der Waals surface area contributed by atoms with Crippen LogP contribution in [-0.4, -0.2) is 30.4 Å². The van der Waals surface area contributed by atoms with Crippen LogP contribution in [-0.2, 0) is 13.1 Å². The highest BCUT2D eigenvalue weighted by Crippen LogP contribution is 2.18. The molecular formula is C14H19N5. The summed E-state index contributed by atoms with van der Waals surface area (Å²) in [7, 11) is 0. The molecule has 0 amide bonds. The van der Waals surface area contributed by atoms with Gasteiger partial charge in [0.25, 0.3) is 0 Å². The average Bonchev–Trinajstić information content (AvgIpc) is 2.39. The van der Waals surface area contributed by atoms with Gasteiger partial charge in [-0.25, -0.2) is 0 Å². The molecule has 19 heavy (non-hydrogen) atoms. The zero-order valence-corrected chi connectivity index (χ0v) is 11.6. The minimum absolute atomic E-state index is 0.0229. The van der Waals surface area contributed by atoms with E-state index in [1.807, 2.05) is 0 Å². The molecule has 0 saturated heterocycles. The second-order valence-electron chi connectivity index (χ2n) is 5.42. The second-order valence-corrected chi connectivity index (χ2v) is 5.42. The van der Waals surface area contributed by atoms with Crippen LogP contribution in [0.5, 0.6) is 0 Å². The second kappa shape index (κ2) is 5.84. The summed E-state index contributed by atoms with van der Waals surface area (Å²) in [5, 5.41) is 0. The Hall–Kier alpha value is -1.88. The lowest BCUT2D eigenvalue weighted by molar-refractivity contribution is 0.115. The maximum absolute atomic E-state index is 4.33. The van der Waals surface area contributed by atoms with Gasteiger partial charge in [0.2, 0.25) is 0 Å². The minimum Gasteiger partial charge on any atom is -0.287 e. The highest BCUT2D eigenvalue weighted by molar-refractivity contribution is 5.00. The Bertz CT molecular complexity index is 451. The van der Waals surface area contributed by atoms with Crippen LogP contribution in [0.15, 0.2) is 37.2 Å². The normalized spacial score (nSPS) is 11.8. The highest BCUT2D eigenvalue weighted by Gasteiger charge is 2.22. The first-order valence-electron chi connectivity index (χ1n) is 6.30. The van der Waals surface area contributed by atoms with Crippen molar-refractivity contribution < 1.29 is 0 Å². The maximum Gasteiger partial charge on any atom is 0.0727 e.